The van der Waals surface area contributed by atoms with E-state index >= 15 is 0 Å². The first-order chi connectivity index (χ1) is 9.76. The molecule has 1 aromatic carbocycles. The lowest BCUT2D eigenvalue weighted by molar-refractivity contribution is 1.06. The van der Waals surface area contributed by atoms with Crippen LogP contribution in [0.5, 0.6) is 0 Å². The zero-order chi connectivity index (χ0) is 13.9. The highest BCUT2D eigenvalue weighted by Gasteiger charge is 2.08. The molecule has 0 saturated heterocycles. The van der Waals surface area contributed by atoms with Crippen molar-refractivity contribution in [3.8, 4) is 28.0 Å². The molecule has 3 rings (SSSR count). The van der Waals surface area contributed by atoms with Gasteiger partial charge in [-0.25, -0.2) is 15.0 Å². The Kier molecular flexibility index (Phi) is 3.23. The van der Waals surface area contributed by atoms with E-state index in [1.807, 2.05) is 36.6 Å². The minimum absolute atomic E-state index is 0.634. The Labute approximate surface area is 120 Å². The highest BCUT2D eigenvalue weighted by atomic mass is 32.1. The lowest BCUT2D eigenvalue weighted by Crippen LogP contribution is -1.89. The highest BCUT2D eigenvalue weighted by molar-refractivity contribution is 7.13. The van der Waals surface area contributed by atoms with E-state index in [9.17, 15) is 0 Å². The molecule has 0 N–H and O–H groups in total. The van der Waals surface area contributed by atoms with Crippen LogP contribution in [0, 0.1) is 18.3 Å². The van der Waals surface area contributed by atoms with E-state index in [0.29, 0.717) is 5.56 Å². The molecule has 3 aromatic rings. The van der Waals surface area contributed by atoms with Crippen LogP contribution >= 0.6 is 11.3 Å². The first kappa shape index (κ1) is 12.5. The van der Waals surface area contributed by atoms with Gasteiger partial charge in [0.1, 0.15) is 16.5 Å². The minimum atomic E-state index is 0.634. The van der Waals surface area contributed by atoms with Gasteiger partial charge in [0, 0.05) is 17.1 Å². The normalized spacial score (nSPS) is 10.2. The maximum absolute atomic E-state index is 8.94. The Morgan fingerprint density at radius 2 is 2.05 bits per heavy atom. The molecular formula is C15H10N4S. The number of aromatic nitrogens is 3. The lowest BCUT2D eigenvalue weighted by Gasteiger charge is -1.97. The molecule has 0 saturated carbocycles. The van der Waals surface area contributed by atoms with Gasteiger partial charge in [-0.15, -0.1) is 11.3 Å². The van der Waals surface area contributed by atoms with Crippen molar-refractivity contribution in [2.24, 2.45) is 0 Å². The molecule has 5 heteroatoms. The Bertz CT molecular complexity index is 801. The van der Waals surface area contributed by atoms with Crippen LogP contribution in [0.25, 0.3) is 22.0 Å². The standard InChI is InChI=1S/C15H10N4S/c1-10-17-6-5-13(18-10)15-19-14(9-20-15)12-4-2-3-11(7-12)8-16/h2-7,9H,1H3. The van der Waals surface area contributed by atoms with Crippen molar-refractivity contribution in [3.63, 3.8) is 0 Å². The fourth-order valence-corrected chi connectivity index (χ4v) is 2.64. The van der Waals surface area contributed by atoms with Crippen molar-refractivity contribution in [1.82, 2.24) is 15.0 Å². The molecular weight excluding hydrogens is 268 g/mol. The Hall–Kier alpha value is -2.58. The zero-order valence-electron chi connectivity index (χ0n) is 10.7. The summed E-state index contributed by atoms with van der Waals surface area (Å²) in [4.78, 5) is 13.0. The summed E-state index contributed by atoms with van der Waals surface area (Å²) >= 11 is 1.54. The molecule has 0 aliphatic heterocycles. The van der Waals surface area contributed by atoms with E-state index in [0.717, 1.165) is 27.8 Å². The van der Waals surface area contributed by atoms with Crippen LogP contribution in [0.2, 0.25) is 0 Å². The van der Waals surface area contributed by atoms with Gasteiger partial charge >= 0.3 is 0 Å². The second-order valence-corrected chi connectivity index (χ2v) is 5.08. The molecule has 0 atom stereocenters. The molecule has 0 fully saturated rings. The van der Waals surface area contributed by atoms with Crippen LogP contribution in [0.3, 0.4) is 0 Å². The van der Waals surface area contributed by atoms with Crippen molar-refractivity contribution in [2.75, 3.05) is 0 Å². The SMILES string of the molecule is Cc1nccc(-c2nc(-c3cccc(C#N)c3)cs2)n1. The summed E-state index contributed by atoms with van der Waals surface area (Å²) in [5, 5.41) is 11.8. The summed E-state index contributed by atoms with van der Waals surface area (Å²) in [7, 11) is 0. The molecule has 0 unspecified atom stereocenters. The summed E-state index contributed by atoms with van der Waals surface area (Å²) in [5.74, 6) is 0.728. The minimum Gasteiger partial charge on any atom is -0.242 e. The Morgan fingerprint density at radius 3 is 2.85 bits per heavy atom. The second kappa shape index (κ2) is 5.19. The van der Waals surface area contributed by atoms with Crippen molar-refractivity contribution in [1.29, 1.82) is 5.26 Å². The second-order valence-electron chi connectivity index (χ2n) is 4.22. The molecule has 4 nitrogen and oxygen atoms in total. The third kappa shape index (κ3) is 2.42. The number of nitrogens with zero attached hydrogens (tertiary/aromatic N) is 4. The van der Waals surface area contributed by atoms with E-state index in [2.05, 4.69) is 21.0 Å². The quantitative estimate of drug-likeness (QED) is 0.720. The van der Waals surface area contributed by atoms with Crippen LogP contribution in [-0.2, 0) is 0 Å². The van der Waals surface area contributed by atoms with Gasteiger partial charge in [-0.3, -0.25) is 0 Å². The van der Waals surface area contributed by atoms with Gasteiger partial charge in [-0.2, -0.15) is 5.26 Å². The molecule has 0 amide bonds. The van der Waals surface area contributed by atoms with Crippen molar-refractivity contribution in [2.45, 2.75) is 6.92 Å². The van der Waals surface area contributed by atoms with E-state index in [1.165, 1.54) is 11.3 Å². The lowest BCUT2D eigenvalue weighted by atomic mass is 10.1. The predicted molar refractivity (Wildman–Crippen MR) is 78.0 cm³/mol. The monoisotopic (exact) mass is 278 g/mol. The Balaban J connectivity index is 2.00. The molecule has 20 heavy (non-hydrogen) atoms. The van der Waals surface area contributed by atoms with E-state index in [1.54, 1.807) is 12.3 Å². The molecule has 2 aromatic heterocycles. The van der Waals surface area contributed by atoms with Crippen LogP contribution in [0.1, 0.15) is 11.4 Å². The largest absolute Gasteiger partial charge is 0.242 e. The van der Waals surface area contributed by atoms with Gasteiger partial charge in [0.25, 0.3) is 0 Å². The fraction of sp³-hybridized carbons (Fsp3) is 0.0667. The number of thiazole rings is 1. The average molecular weight is 278 g/mol. The first-order valence-corrected chi connectivity index (χ1v) is 6.90. The summed E-state index contributed by atoms with van der Waals surface area (Å²) < 4.78 is 0. The summed E-state index contributed by atoms with van der Waals surface area (Å²) in [5.41, 5.74) is 3.26. The number of nitriles is 1. The van der Waals surface area contributed by atoms with Gasteiger partial charge < -0.3 is 0 Å². The topological polar surface area (TPSA) is 62.5 Å². The van der Waals surface area contributed by atoms with E-state index in [4.69, 9.17) is 5.26 Å². The van der Waals surface area contributed by atoms with Crippen molar-refractivity contribution < 1.29 is 0 Å². The highest BCUT2D eigenvalue weighted by Crippen LogP contribution is 2.27. The van der Waals surface area contributed by atoms with Gasteiger partial charge in [-0.05, 0) is 25.1 Å². The van der Waals surface area contributed by atoms with Crippen molar-refractivity contribution in [3.05, 3.63) is 53.3 Å². The maximum Gasteiger partial charge on any atom is 0.142 e. The summed E-state index contributed by atoms with van der Waals surface area (Å²) in [6.07, 6.45) is 1.73. The third-order valence-electron chi connectivity index (χ3n) is 2.79. The predicted octanol–water partition coefficient (Wildman–Crippen LogP) is 3.45. The molecule has 0 aliphatic carbocycles. The molecule has 0 radical (unpaired) electrons. The smallest absolute Gasteiger partial charge is 0.142 e. The van der Waals surface area contributed by atoms with Crippen molar-refractivity contribution >= 4 is 11.3 Å². The van der Waals surface area contributed by atoms with E-state index in [-0.39, 0.29) is 0 Å². The van der Waals surface area contributed by atoms with Gasteiger partial charge in [0.2, 0.25) is 0 Å². The third-order valence-corrected chi connectivity index (χ3v) is 3.65. The summed E-state index contributed by atoms with van der Waals surface area (Å²) in [6.45, 7) is 1.86. The summed E-state index contributed by atoms with van der Waals surface area (Å²) in [6, 6.07) is 11.4. The number of aryl methyl sites for hydroxylation is 1. The van der Waals surface area contributed by atoms with Crippen LogP contribution in [0.4, 0.5) is 0 Å². The number of hydrogen-bond donors (Lipinski definition) is 0. The fourth-order valence-electron chi connectivity index (χ4n) is 1.85. The van der Waals surface area contributed by atoms with E-state index < -0.39 is 0 Å². The van der Waals surface area contributed by atoms with Crippen LogP contribution in [-0.4, -0.2) is 15.0 Å². The number of rotatable bonds is 2. The maximum atomic E-state index is 8.94. The van der Waals surface area contributed by atoms with Crippen LogP contribution in [0.15, 0.2) is 41.9 Å². The first-order valence-electron chi connectivity index (χ1n) is 6.02. The number of hydrogen-bond acceptors (Lipinski definition) is 5. The number of benzene rings is 1. The van der Waals surface area contributed by atoms with Gasteiger partial charge in [0.05, 0.1) is 17.3 Å². The Morgan fingerprint density at radius 1 is 1.15 bits per heavy atom. The van der Waals surface area contributed by atoms with Crippen LogP contribution < -0.4 is 0 Å². The molecule has 0 aliphatic rings. The molecule has 0 bridgehead atoms. The zero-order valence-corrected chi connectivity index (χ0v) is 11.6. The van der Waals surface area contributed by atoms with Gasteiger partial charge in [0.15, 0.2) is 0 Å². The van der Waals surface area contributed by atoms with Gasteiger partial charge in [-0.1, -0.05) is 12.1 Å². The molecule has 2 heterocycles. The average Bonchev–Trinajstić information content (AvgIpc) is 2.97. The molecule has 96 valence electrons. The molecule has 0 spiro atoms.